The molecule has 17 nitrogen and oxygen atoms in total. The van der Waals surface area contributed by atoms with Gasteiger partial charge in [0.1, 0.15) is 0 Å². The predicted octanol–water partition coefficient (Wildman–Crippen LogP) is 38.5. The maximum Gasteiger partial charge on any atom is 0.323 e. The highest BCUT2D eigenvalue weighted by Gasteiger charge is 2.26. The van der Waals surface area contributed by atoms with Crippen LogP contribution >= 0.6 is 0 Å². The Morgan fingerprint density at radius 3 is 0.600 bits per heavy atom. The van der Waals surface area contributed by atoms with Gasteiger partial charge in [-0.15, -0.1) is 0 Å². The minimum Gasteiger partial charge on any atom is -0.490 e. The molecule has 0 fully saturated rings. The summed E-state index contributed by atoms with van der Waals surface area (Å²) in [5, 5.41) is 15.9. The van der Waals surface area contributed by atoms with E-state index in [9.17, 15) is 0 Å². The standard InChI is InChI=1S/C123H215N5O12/c1-22-25-28-31-34-37-40-43-46-49-76-132-112-85-106(86-113(133-77-50-47-44-41-38-35-32-29-26-23-2)118(112)138-78-51-48-45-42-39-36-33-30-27-24-3)121(129)124-107-87-108(125-122(130)127-110-90-114(134-79-70-100(16)64-52-58-94(4)5)119(139-83-74-104(20)68-56-62-98(12)13)115(91-110)135-80-71-101(17)65-53-59-95(6)7)89-109(88-107)126-123(131)128-111-92-116(136-81-72-102(18)66-54-60-96(8)9)120(140-84-75-105(21)69-57-63-99(14)15)117(93-111)137-82-73-103(19)67-55-61-97(10)11/h85-105H,22-84H2,1-21H3,(H,124,129)(H2,125,127,130)(H2,126,128,131)/t100-,101-,102-,103-,104-,105-/m0/s1. The van der Waals surface area contributed by atoms with Crippen molar-refractivity contribution in [2.45, 2.75) is 492 Å². The molecule has 0 aliphatic rings. The van der Waals surface area contributed by atoms with Crippen LogP contribution in [0.5, 0.6) is 51.7 Å². The smallest absolute Gasteiger partial charge is 0.323 e. The van der Waals surface area contributed by atoms with Gasteiger partial charge in [-0.2, -0.15) is 0 Å². The van der Waals surface area contributed by atoms with Crippen molar-refractivity contribution >= 4 is 46.4 Å². The van der Waals surface area contributed by atoms with Crippen LogP contribution in [0.25, 0.3) is 0 Å². The first-order chi connectivity index (χ1) is 67.5. The van der Waals surface area contributed by atoms with E-state index in [2.05, 4.69) is 172 Å². The Bertz CT molecular complexity index is 3460. The molecule has 0 heterocycles. The van der Waals surface area contributed by atoms with Crippen molar-refractivity contribution in [2.24, 2.45) is 71.0 Å². The van der Waals surface area contributed by atoms with Crippen molar-refractivity contribution in [3.05, 3.63) is 60.2 Å². The number of urea groups is 2. The maximum atomic E-state index is 15.7. The molecule has 4 aromatic rings. The zero-order chi connectivity index (χ0) is 102. The quantitative estimate of drug-likeness (QED) is 0.0263. The van der Waals surface area contributed by atoms with Gasteiger partial charge in [-0.3, -0.25) is 4.79 Å². The summed E-state index contributed by atoms with van der Waals surface area (Å²) >= 11 is 0. The fourth-order valence-electron chi connectivity index (χ4n) is 18.3. The van der Waals surface area contributed by atoms with Crippen molar-refractivity contribution in [2.75, 3.05) is 86.0 Å². The molecule has 6 atom stereocenters. The summed E-state index contributed by atoms with van der Waals surface area (Å²) < 4.78 is 61.8. The lowest BCUT2D eigenvalue weighted by atomic mass is 9.97. The molecule has 0 radical (unpaired) electrons. The Labute approximate surface area is 859 Å². The summed E-state index contributed by atoms with van der Waals surface area (Å²) in [5.41, 5.74) is 2.03. The van der Waals surface area contributed by atoms with Crippen molar-refractivity contribution in [1.29, 1.82) is 0 Å². The molecule has 0 bridgehead atoms. The lowest BCUT2D eigenvalue weighted by Crippen LogP contribution is -2.22. The van der Waals surface area contributed by atoms with E-state index in [0.29, 0.717) is 205 Å². The van der Waals surface area contributed by atoms with Crippen LogP contribution in [0.2, 0.25) is 0 Å². The molecule has 5 amide bonds. The summed E-state index contributed by atoms with van der Waals surface area (Å²) in [7, 11) is 0. The molecule has 5 N–H and O–H groups in total. The van der Waals surface area contributed by atoms with Gasteiger partial charge in [0.15, 0.2) is 34.5 Å². The normalized spacial score (nSPS) is 13.0. The number of carbonyl (C=O) groups is 3. The van der Waals surface area contributed by atoms with Crippen LogP contribution in [-0.4, -0.2) is 77.4 Å². The molecule has 17 heteroatoms. The summed E-state index contributed by atoms with van der Waals surface area (Å²) in [5.74, 6) is 10.6. The van der Waals surface area contributed by atoms with Crippen LogP contribution in [0.1, 0.15) is 502 Å². The molecular formula is C123H215N5O12. The molecule has 4 aromatic carbocycles. The van der Waals surface area contributed by atoms with E-state index in [1.54, 1.807) is 30.3 Å². The fourth-order valence-corrected chi connectivity index (χ4v) is 18.3. The molecule has 0 aliphatic heterocycles. The number of amides is 5. The highest BCUT2D eigenvalue weighted by molar-refractivity contribution is 6.07. The zero-order valence-electron chi connectivity index (χ0n) is 94.1. The van der Waals surface area contributed by atoms with Crippen LogP contribution in [0.4, 0.5) is 38.0 Å². The SMILES string of the molecule is CCCCCCCCCCCCOc1cc(C(=O)Nc2cc(NC(=O)Nc3cc(OCC[C@@H](C)CCCC(C)C)c(OCC[C@@H](C)CCCC(C)C)c(OCC[C@@H](C)CCCC(C)C)c3)cc(NC(=O)Nc3cc(OCC[C@@H](C)CCCC(C)C)c(OCC[C@@H](C)CCCC(C)C)c(OCC[C@@H](C)CCCC(C)C)c3)c2)cc(OCCCCCCCCCCCC)c1OCCCCCCCCCCCC. The van der Waals surface area contributed by atoms with Crippen LogP contribution in [0.3, 0.4) is 0 Å². The van der Waals surface area contributed by atoms with E-state index in [1.165, 1.54) is 186 Å². The molecule has 4 rings (SSSR count). The first kappa shape index (κ1) is 125. The number of anilines is 5. The van der Waals surface area contributed by atoms with E-state index >= 15 is 14.4 Å². The van der Waals surface area contributed by atoms with E-state index < -0.39 is 18.0 Å². The Hall–Kier alpha value is -6.91. The first-order valence-corrected chi connectivity index (χ1v) is 58.4. The second-order valence-corrected chi connectivity index (χ2v) is 45.3. The minimum atomic E-state index is -0.582. The summed E-state index contributed by atoms with van der Waals surface area (Å²) in [6, 6.07) is 14.9. The maximum absolute atomic E-state index is 15.7. The van der Waals surface area contributed by atoms with Gasteiger partial charge in [-0.1, -0.05) is 434 Å². The first-order valence-electron chi connectivity index (χ1n) is 58.4. The largest absolute Gasteiger partial charge is 0.490 e. The van der Waals surface area contributed by atoms with E-state index in [0.717, 1.165) is 161 Å². The molecule has 0 saturated heterocycles. The number of nitrogens with one attached hydrogen (secondary N) is 5. The molecule has 0 spiro atoms. The van der Waals surface area contributed by atoms with Crippen molar-refractivity contribution in [3.8, 4) is 51.7 Å². The van der Waals surface area contributed by atoms with E-state index in [1.807, 2.05) is 24.3 Å². The van der Waals surface area contributed by atoms with Crippen molar-refractivity contribution in [1.82, 2.24) is 0 Å². The number of ether oxygens (including phenoxy) is 9. The highest BCUT2D eigenvalue weighted by Crippen LogP contribution is 2.46. The topological polar surface area (TPSA) is 194 Å². The number of hydrogen-bond acceptors (Lipinski definition) is 12. The van der Waals surface area contributed by atoms with Gasteiger partial charge in [0.05, 0.1) is 70.8 Å². The monoisotopic (exact) mass is 1950 g/mol. The average Bonchev–Trinajstić information content (AvgIpc) is 0.809. The van der Waals surface area contributed by atoms with Crippen molar-refractivity contribution in [3.63, 3.8) is 0 Å². The number of hydrogen-bond donors (Lipinski definition) is 5. The molecule has 0 unspecified atom stereocenters. The molecule has 0 saturated carbocycles. The van der Waals surface area contributed by atoms with Gasteiger partial charge >= 0.3 is 12.1 Å². The van der Waals surface area contributed by atoms with Gasteiger partial charge in [0.25, 0.3) is 5.91 Å². The number of rotatable bonds is 90. The fraction of sp³-hybridized carbons (Fsp3) is 0.780. The van der Waals surface area contributed by atoms with Gasteiger partial charge < -0.3 is 69.2 Å². The van der Waals surface area contributed by atoms with Gasteiger partial charge in [-0.25, -0.2) is 9.59 Å². The van der Waals surface area contributed by atoms with Crippen LogP contribution in [0, 0.1) is 71.0 Å². The Balaban J connectivity index is 1.98. The third-order valence-electron chi connectivity index (χ3n) is 27.9. The summed E-state index contributed by atoms with van der Waals surface area (Å²) in [4.78, 5) is 46.2. The van der Waals surface area contributed by atoms with Gasteiger partial charge in [-0.05, 0) is 159 Å². The Morgan fingerprint density at radius 1 is 0.193 bits per heavy atom. The Kier molecular flexibility index (Phi) is 71.1. The van der Waals surface area contributed by atoms with Crippen LogP contribution in [-0.2, 0) is 0 Å². The second-order valence-electron chi connectivity index (χ2n) is 45.3. The Morgan fingerprint density at radius 2 is 0.371 bits per heavy atom. The summed E-state index contributed by atoms with van der Waals surface area (Å²) in [6.07, 6.45) is 61.8. The second kappa shape index (κ2) is 79.4. The zero-order valence-corrected chi connectivity index (χ0v) is 94.1. The average molecular weight is 1960 g/mol. The number of carbonyl (C=O) groups excluding carboxylic acids is 3. The van der Waals surface area contributed by atoms with Gasteiger partial charge in [0.2, 0.25) is 17.2 Å². The minimum absolute atomic E-state index is 0.277. The van der Waals surface area contributed by atoms with E-state index in [4.69, 9.17) is 42.6 Å². The lowest BCUT2D eigenvalue weighted by molar-refractivity contribution is 0.102. The molecule has 0 aliphatic carbocycles. The van der Waals surface area contributed by atoms with Gasteiger partial charge in [0, 0.05) is 46.9 Å². The highest BCUT2D eigenvalue weighted by atomic mass is 16.6. The molecule has 0 aromatic heterocycles. The van der Waals surface area contributed by atoms with E-state index in [-0.39, 0.29) is 11.4 Å². The van der Waals surface area contributed by atoms with Crippen LogP contribution < -0.4 is 69.2 Å². The van der Waals surface area contributed by atoms with Crippen LogP contribution in [0.15, 0.2) is 54.6 Å². The van der Waals surface area contributed by atoms with Crippen molar-refractivity contribution < 1.29 is 57.0 Å². The molecule has 804 valence electrons. The summed E-state index contributed by atoms with van der Waals surface area (Å²) in [6.45, 7) is 52.3. The third-order valence-corrected chi connectivity index (χ3v) is 27.9. The number of benzene rings is 4. The lowest BCUT2D eigenvalue weighted by Gasteiger charge is -2.21. The third kappa shape index (κ3) is 62.7. The number of unbranched alkanes of at least 4 members (excludes halogenated alkanes) is 27. The molecular weight excluding hydrogens is 1740 g/mol. The molecule has 140 heavy (non-hydrogen) atoms. The predicted molar refractivity (Wildman–Crippen MR) is 599 cm³/mol.